The normalized spacial score (nSPS) is 19.2. The van der Waals surface area contributed by atoms with Gasteiger partial charge in [0.15, 0.2) is 17.3 Å². The molecule has 1 aromatic carbocycles. The number of nitrogens with two attached hydrogens (primary N) is 1. The van der Waals surface area contributed by atoms with Crippen molar-refractivity contribution in [1.29, 1.82) is 0 Å². The number of fused-ring (bicyclic) bond motifs is 1. The Hall–Kier alpha value is -3.14. The molecule has 1 fully saturated rings. The van der Waals surface area contributed by atoms with Gasteiger partial charge in [-0.05, 0) is 38.1 Å². The van der Waals surface area contributed by atoms with Crippen LogP contribution >= 0.6 is 11.3 Å². The fourth-order valence-corrected chi connectivity index (χ4v) is 4.29. The maximum atomic E-state index is 12.8. The molecule has 1 aliphatic rings. The largest absolute Gasteiger partial charge is 0.497 e. The van der Waals surface area contributed by atoms with Gasteiger partial charge >= 0.3 is 0 Å². The first kappa shape index (κ1) is 20.1. The van der Waals surface area contributed by atoms with Crippen molar-refractivity contribution in [3.8, 4) is 11.5 Å². The molecule has 0 radical (unpaired) electrons. The molecule has 2 N–H and O–H groups in total. The third-order valence-electron chi connectivity index (χ3n) is 5.20. The quantitative estimate of drug-likeness (QED) is 0.659. The highest BCUT2D eigenvalue weighted by atomic mass is 32.1. The third-order valence-corrected chi connectivity index (χ3v) is 5.92. The molecule has 3 aromatic rings. The topological polar surface area (TPSA) is 107 Å². The number of carbonyl (C=O) groups is 1. The number of thiazole rings is 1. The zero-order valence-corrected chi connectivity index (χ0v) is 17.9. The van der Waals surface area contributed by atoms with Crippen LogP contribution in [0.5, 0.6) is 11.5 Å². The Labute approximate surface area is 178 Å². The number of aromatic nitrogens is 3. The van der Waals surface area contributed by atoms with E-state index < -0.39 is 0 Å². The van der Waals surface area contributed by atoms with E-state index in [4.69, 9.17) is 15.2 Å². The Morgan fingerprint density at radius 2 is 1.90 bits per heavy atom. The molecule has 0 spiro atoms. The summed E-state index contributed by atoms with van der Waals surface area (Å²) >= 11 is 1.44. The molecule has 2 aromatic heterocycles. The van der Waals surface area contributed by atoms with Crippen LogP contribution in [0.25, 0.3) is 10.3 Å². The molecule has 2 atom stereocenters. The molecule has 158 valence electrons. The van der Waals surface area contributed by atoms with E-state index >= 15 is 0 Å². The average Bonchev–Trinajstić information content (AvgIpc) is 3.21. The molecule has 9 nitrogen and oxygen atoms in total. The minimum atomic E-state index is -0.0502. The summed E-state index contributed by atoms with van der Waals surface area (Å²) in [6, 6.07) is 7.21. The van der Waals surface area contributed by atoms with Crippen molar-refractivity contribution in [3.63, 3.8) is 0 Å². The number of amides is 1. The standard InChI is InChI=1S/C20H24N6O3S/c1-12-9-26(18-17-19(30-11-22-17)24-20(21)23-18)13(2)8-25(12)16(27)10-29-15-6-4-14(28-3)5-7-15/h4-7,11-13H,8-10H2,1-3H3,(H2,21,23,24)/t12-,13+/m1/s1. The first-order valence-electron chi connectivity index (χ1n) is 9.66. The molecule has 10 heteroatoms. The van der Waals surface area contributed by atoms with Crippen LogP contribution in [0.15, 0.2) is 29.8 Å². The first-order valence-corrected chi connectivity index (χ1v) is 10.5. The maximum Gasteiger partial charge on any atom is 0.260 e. The molecule has 1 aliphatic heterocycles. The SMILES string of the molecule is COc1ccc(OCC(=O)N2C[C@H](C)N(c3nc(N)nc4scnc34)C[C@H]2C)cc1. The highest BCUT2D eigenvalue weighted by Gasteiger charge is 2.34. The lowest BCUT2D eigenvalue weighted by Crippen LogP contribution is -2.59. The smallest absolute Gasteiger partial charge is 0.260 e. The number of rotatable bonds is 5. The summed E-state index contributed by atoms with van der Waals surface area (Å²) in [6.45, 7) is 5.25. The van der Waals surface area contributed by atoms with Gasteiger partial charge in [0.05, 0.1) is 12.6 Å². The van der Waals surface area contributed by atoms with Gasteiger partial charge in [-0.1, -0.05) is 0 Å². The van der Waals surface area contributed by atoms with Crippen LogP contribution in [0.2, 0.25) is 0 Å². The van der Waals surface area contributed by atoms with Crippen LogP contribution in [0.3, 0.4) is 0 Å². The number of benzene rings is 1. The predicted octanol–water partition coefficient (Wildman–Crippen LogP) is 2.18. The van der Waals surface area contributed by atoms with Gasteiger partial charge in [-0.15, -0.1) is 11.3 Å². The average molecular weight is 429 g/mol. The van der Waals surface area contributed by atoms with Crippen molar-refractivity contribution in [2.75, 3.05) is 37.4 Å². The number of ether oxygens (including phenoxy) is 2. The van der Waals surface area contributed by atoms with Crippen molar-refractivity contribution >= 4 is 39.4 Å². The Balaban J connectivity index is 1.44. The monoisotopic (exact) mass is 428 g/mol. The summed E-state index contributed by atoms with van der Waals surface area (Å²) in [5, 5.41) is 0. The minimum absolute atomic E-state index is 0.0137. The van der Waals surface area contributed by atoms with Gasteiger partial charge in [0, 0.05) is 25.2 Å². The number of hydrogen-bond donors (Lipinski definition) is 1. The lowest BCUT2D eigenvalue weighted by Gasteiger charge is -2.44. The summed E-state index contributed by atoms with van der Waals surface area (Å²) in [5.41, 5.74) is 8.39. The second-order valence-corrected chi connectivity index (χ2v) is 8.11. The molecule has 3 heterocycles. The number of methoxy groups -OCH3 is 1. The molecule has 4 rings (SSSR count). The van der Waals surface area contributed by atoms with E-state index in [1.54, 1.807) is 36.9 Å². The van der Waals surface area contributed by atoms with E-state index in [-0.39, 0.29) is 30.5 Å². The Morgan fingerprint density at radius 3 is 2.63 bits per heavy atom. The van der Waals surface area contributed by atoms with Crippen LogP contribution in [0.1, 0.15) is 13.8 Å². The molecular formula is C20H24N6O3S. The molecule has 0 bridgehead atoms. The van der Waals surface area contributed by atoms with E-state index in [9.17, 15) is 4.79 Å². The fraction of sp³-hybridized carbons (Fsp3) is 0.400. The van der Waals surface area contributed by atoms with Crippen molar-refractivity contribution in [1.82, 2.24) is 19.9 Å². The fourth-order valence-electron chi connectivity index (χ4n) is 3.63. The number of hydrogen-bond acceptors (Lipinski definition) is 9. The molecular weight excluding hydrogens is 404 g/mol. The van der Waals surface area contributed by atoms with Crippen LogP contribution < -0.4 is 20.1 Å². The van der Waals surface area contributed by atoms with E-state index in [2.05, 4.69) is 26.8 Å². The van der Waals surface area contributed by atoms with Gasteiger partial charge < -0.3 is 25.0 Å². The summed E-state index contributed by atoms with van der Waals surface area (Å²) < 4.78 is 10.8. The molecule has 0 aliphatic carbocycles. The highest BCUT2D eigenvalue weighted by molar-refractivity contribution is 7.16. The maximum absolute atomic E-state index is 12.8. The number of nitrogen functional groups attached to an aromatic ring is 1. The lowest BCUT2D eigenvalue weighted by atomic mass is 10.1. The zero-order valence-electron chi connectivity index (χ0n) is 17.1. The van der Waals surface area contributed by atoms with E-state index in [0.29, 0.717) is 18.8 Å². The zero-order chi connectivity index (χ0) is 21.3. The van der Waals surface area contributed by atoms with Gasteiger partial charge in [0.25, 0.3) is 5.91 Å². The Morgan fingerprint density at radius 1 is 1.17 bits per heavy atom. The van der Waals surface area contributed by atoms with Crippen LogP contribution in [0.4, 0.5) is 11.8 Å². The van der Waals surface area contributed by atoms with Crippen molar-refractivity contribution < 1.29 is 14.3 Å². The number of anilines is 2. The third kappa shape index (κ3) is 3.95. The summed E-state index contributed by atoms with van der Waals surface area (Å²) in [4.78, 5) is 30.7. The van der Waals surface area contributed by atoms with E-state index in [1.807, 2.05) is 11.8 Å². The predicted molar refractivity (Wildman–Crippen MR) is 116 cm³/mol. The summed E-state index contributed by atoms with van der Waals surface area (Å²) in [6.07, 6.45) is 0. The molecule has 1 amide bonds. The lowest BCUT2D eigenvalue weighted by molar-refractivity contribution is -0.136. The minimum Gasteiger partial charge on any atom is -0.497 e. The van der Waals surface area contributed by atoms with E-state index in [0.717, 1.165) is 21.9 Å². The second kappa shape index (κ2) is 8.31. The Kier molecular flexibility index (Phi) is 5.58. The highest BCUT2D eigenvalue weighted by Crippen LogP contribution is 2.30. The van der Waals surface area contributed by atoms with Gasteiger partial charge in [0.2, 0.25) is 5.95 Å². The van der Waals surface area contributed by atoms with Crippen molar-refractivity contribution in [2.24, 2.45) is 0 Å². The number of nitrogens with zero attached hydrogens (tertiary/aromatic N) is 5. The Bertz CT molecular complexity index is 1040. The van der Waals surface area contributed by atoms with E-state index in [1.165, 1.54) is 11.3 Å². The second-order valence-electron chi connectivity index (χ2n) is 7.27. The number of piperazine rings is 1. The van der Waals surface area contributed by atoms with Gasteiger partial charge in [-0.3, -0.25) is 4.79 Å². The first-order chi connectivity index (χ1) is 14.5. The van der Waals surface area contributed by atoms with Gasteiger partial charge in [-0.25, -0.2) is 9.97 Å². The van der Waals surface area contributed by atoms with Gasteiger partial charge in [-0.2, -0.15) is 4.98 Å². The molecule has 30 heavy (non-hydrogen) atoms. The summed E-state index contributed by atoms with van der Waals surface area (Å²) in [7, 11) is 1.61. The van der Waals surface area contributed by atoms with Crippen LogP contribution in [0, 0.1) is 0 Å². The van der Waals surface area contributed by atoms with Gasteiger partial charge in [0.1, 0.15) is 17.0 Å². The molecule has 0 unspecified atom stereocenters. The van der Waals surface area contributed by atoms with Crippen molar-refractivity contribution in [2.45, 2.75) is 25.9 Å². The molecule has 0 saturated carbocycles. The van der Waals surface area contributed by atoms with Crippen LogP contribution in [-0.4, -0.2) is 64.6 Å². The summed E-state index contributed by atoms with van der Waals surface area (Å²) in [5.74, 6) is 2.27. The van der Waals surface area contributed by atoms with Crippen molar-refractivity contribution in [3.05, 3.63) is 29.8 Å². The molecule has 1 saturated heterocycles. The number of carbonyl (C=O) groups excluding carboxylic acids is 1. The van der Waals surface area contributed by atoms with Crippen LogP contribution in [-0.2, 0) is 4.79 Å².